The van der Waals surface area contributed by atoms with Gasteiger partial charge in [0.25, 0.3) is 0 Å². The topological polar surface area (TPSA) is 23.5 Å². The summed E-state index contributed by atoms with van der Waals surface area (Å²) in [4.78, 5) is 3.80. The van der Waals surface area contributed by atoms with Crippen LogP contribution in [-0.2, 0) is 6.54 Å². The average Bonchev–Trinajstić information content (AvgIpc) is 2.56. The zero-order valence-corrected chi connectivity index (χ0v) is 10.4. The minimum atomic E-state index is -0.0682. The maximum Gasteiger partial charge on any atom is 0.0564 e. The summed E-state index contributed by atoms with van der Waals surface area (Å²) in [5.74, 6) is 0. The summed E-state index contributed by atoms with van der Waals surface area (Å²) in [6.07, 6.45) is 1.78. The molecular formula is C10H14BrNOS. The summed E-state index contributed by atoms with van der Waals surface area (Å²) in [6, 6.07) is 2.18. The molecule has 0 amide bonds. The summed E-state index contributed by atoms with van der Waals surface area (Å²) in [5, 5.41) is 11.5. The minimum Gasteiger partial charge on any atom is -0.393 e. The van der Waals surface area contributed by atoms with Crippen LogP contribution in [0.5, 0.6) is 0 Å². The quantitative estimate of drug-likeness (QED) is 0.897. The number of aliphatic hydroxyl groups excluding tert-OH is 1. The van der Waals surface area contributed by atoms with Crippen LogP contribution in [0.3, 0.4) is 0 Å². The molecule has 4 heteroatoms. The van der Waals surface area contributed by atoms with Gasteiger partial charge in [-0.3, -0.25) is 4.90 Å². The zero-order valence-electron chi connectivity index (χ0n) is 7.95. The zero-order chi connectivity index (χ0) is 9.97. The lowest BCUT2D eigenvalue weighted by Gasteiger charge is -2.28. The molecule has 0 spiro atoms. The van der Waals surface area contributed by atoms with E-state index in [2.05, 4.69) is 32.3 Å². The Morgan fingerprint density at radius 2 is 2.21 bits per heavy atom. The molecule has 1 N–H and O–H groups in total. The van der Waals surface area contributed by atoms with Crippen molar-refractivity contribution in [2.24, 2.45) is 0 Å². The highest BCUT2D eigenvalue weighted by Crippen LogP contribution is 2.22. The molecule has 1 aromatic heterocycles. The smallest absolute Gasteiger partial charge is 0.0564 e. The fraction of sp³-hybridized carbons (Fsp3) is 0.600. The van der Waals surface area contributed by atoms with E-state index >= 15 is 0 Å². The largest absolute Gasteiger partial charge is 0.393 e. The Labute approximate surface area is 96.7 Å². The summed E-state index contributed by atoms with van der Waals surface area (Å²) < 4.78 is 1.18. The Balaban J connectivity index is 1.86. The van der Waals surface area contributed by atoms with Crippen molar-refractivity contribution in [2.45, 2.75) is 25.5 Å². The van der Waals surface area contributed by atoms with Gasteiger partial charge in [0.05, 0.1) is 6.10 Å². The van der Waals surface area contributed by atoms with Crippen molar-refractivity contribution in [1.29, 1.82) is 0 Å². The number of piperidine rings is 1. The molecule has 1 aliphatic heterocycles. The van der Waals surface area contributed by atoms with Crippen LogP contribution < -0.4 is 0 Å². The lowest BCUT2D eigenvalue weighted by Crippen LogP contribution is -2.35. The summed E-state index contributed by atoms with van der Waals surface area (Å²) in [6.45, 7) is 3.08. The molecule has 1 fully saturated rings. The van der Waals surface area contributed by atoms with E-state index in [1.165, 1.54) is 9.35 Å². The van der Waals surface area contributed by atoms with Gasteiger partial charge in [0.2, 0.25) is 0 Å². The lowest BCUT2D eigenvalue weighted by molar-refractivity contribution is 0.0797. The maximum atomic E-state index is 9.37. The van der Waals surface area contributed by atoms with Gasteiger partial charge in [-0.1, -0.05) is 0 Å². The molecule has 14 heavy (non-hydrogen) atoms. The van der Waals surface area contributed by atoms with Crippen LogP contribution in [0, 0.1) is 0 Å². The van der Waals surface area contributed by atoms with Gasteiger partial charge in [-0.25, -0.2) is 0 Å². The van der Waals surface area contributed by atoms with Crippen LogP contribution in [-0.4, -0.2) is 29.2 Å². The first-order chi connectivity index (χ1) is 6.74. The third-order valence-corrected chi connectivity index (χ3v) is 4.24. The molecule has 0 radical (unpaired) electrons. The van der Waals surface area contributed by atoms with Crippen molar-refractivity contribution in [3.63, 3.8) is 0 Å². The molecular weight excluding hydrogens is 262 g/mol. The van der Waals surface area contributed by atoms with E-state index in [1.807, 2.05) is 0 Å². The van der Waals surface area contributed by atoms with Crippen LogP contribution in [0.15, 0.2) is 15.9 Å². The highest BCUT2D eigenvalue weighted by molar-refractivity contribution is 9.10. The van der Waals surface area contributed by atoms with E-state index in [0.29, 0.717) is 0 Å². The SMILES string of the molecule is OC1CCN(Cc2cc(Br)cs2)CC1. The molecule has 78 valence electrons. The number of aliphatic hydroxyl groups is 1. The third kappa shape index (κ3) is 2.79. The van der Waals surface area contributed by atoms with E-state index in [4.69, 9.17) is 0 Å². The molecule has 1 aliphatic rings. The number of likely N-dealkylation sites (tertiary alicyclic amines) is 1. The normalized spacial score (nSPS) is 20.1. The molecule has 0 bridgehead atoms. The standard InChI is InChI=1S/C10H14BrNOS/c11-8-5-10(14-7-8)6-12-3-1-9(13)2-4-12/h5,7,9,13H,1-4,6H2. The molecule has 2 nitrogen and oxygen atoms in total. The van der Waals surface area contributed by atoms with E-state index in [-0.39, 0.29) is 6.10 Å². The van der Waals surface area contributed by atoms with Gasteiger partial charge >= 0.3 is 0 Å². The Morgan fingerprint density at radius 3 is 2.79 bits per heavy atom. The van der Waals surface area contributed by atoms with Crippen LogP contribution in [0.1, 0.15) is 17.7 Å². The Hall–Kier alpha value is 0.1000. The fourth-order valence-corrected chi connectivity index (χ4v) is 3.23. The second-order valence-electron chi connectivity index (χ2n) is 3.74. The number of nitrogens with zero attached hydrogens (tertiary/aromatic N) is 1. The predicted octanol–water partition coefficient (Wildman–Crippen LogP) is 2.47. The van der Waals surface area contributed by atoms with Crippen LogP contribution in [0.2, 0.25) is 0 Å². The maximum absolute atomic E-state index is 9.37. The van der Waals surface area contributed by atoms with Gasteiger partial charge in [0.15, 0.2) is 0 Å². The van der Waals surface area contributed by atoms with Gasteiger partial charge in [-0.2, -0.15) is 0 Å². The van der Waals surface area contributed by atoms with Crippen molar-refractivity contribution < 1.29 is 5.11 Å². The average molecular weight is 276 g/mol. The Kier molecular flexibility index (Phi) is 3.60. The number of thiophene rings is 1. The van der Waals surface area contributed by atoms with E-state index in [9.17, 15) is 5.11 Å². The van der Waals surface area contributed by atoms with Crippen molar-refractivity contribution in [2.75, 3.05) is 13.1 Å². The van der Waals surface area contributed by atoms with E-state index in [1.54, 1.807) is 11.3 Å². The molecule has 0 aromatic carbocycles. The third-order valence-electron chi connectivity index (χ3n) is 2.56. The molecule has 2 heterocycles. The van der Waals surface area contributed by atoms with E-state index < -0.39 is 0 Å². The van der Waals surface area contributed by atoms with Gasteiger partial charge < -0.3 is 5.11 Å². The van der Waals surface area contributed by atoms with E-state index in [0.717, 1.165) is 32.5 Å². The van der Waals surface area contributed by atoms with Gasteiger partial charge in [-0.15, -0.1) is 11.3 Å². The highest BCUT2D eigenvalue weighted by atomic mass is 79.9. The molecule has 0 unspecified atom stereocenters. The Morgan fingerprint density at radius 1 is 1.50 bits per heavy atom. The molecule has 1 aromatic rings. The monoisotopic (exact) mass is 275 g/mol. The van der Waals surface area contributed by atoms with Crippen molar-refractivity contribution in [1.82, 2.24) is 4.90 Å². The number of hydrogen-bond acceptors (Lipinski definition) is 3. The molecule has 0 saturated carbocycles. The van der Waals surface area contributed by atoms with Crippen molar-refractivity contribution >= 4 is 27.3 Å². The van der Waals surface area contributed by atoms with Gasteiger partial charge in [0, 0.05) is 34.4 Å². The van der Waals surface area contributed by atoms with Gasteiger partial charge in [0.1, 0.15) is 0 Å². The fourth-order valence-electron chi connectivity index (χ4n) is 1.73. The highest BCUT2D eigenvalue weighted by Gasteiger charge is 2.17. The first-order valence-electron chi connectivity index (χ1n) is 4.87. The molecule has 2 rings (SSSR count). The van der Waals surface area contributed by atoms with Crippen LogP contribution >= 0.6 is 27.3 Å². The predicted molar refractivity (Wildman–Crippen MR) is 62.5 cm³/mol. The van der Waals surface area contributed by atoms with Gasteiger partial charge in [-0.05, 0) is 34.8 Å². The molecule has 0 atom stereocenters. The first kappa shape index (κ1) is 10.6. The second-order valence-corrected chi connectivity index (χ2v) is 5.65. The molecule has 1 saturated heterocycles. The first-order valence-corrected chi connectivity index (χ1v) is 6.54. The van der Waals surface area contributed by atoms with Crippen LogP contribution in [0.25, 0.3) is 0 Å². The molecule has 0 aliphatic carbocycles. The second kappa shape index (κ2) is 4.75. The van der Waals surface area contributed by atoms with Crippen LogP contribution in [0.4, 0.5) is 0 Å². The van der Waals surface area contributed by atoms with Crippen molar-refractivity contribution in [3.05, 3.63) is 20.8 Å². The summed E-state index contributed by atoms with van der Waals surface area (Å²) in [7, 11) is 0. The summed E-state index contributed by atoms with van der Waals surface area (Å²) in [5.41, 5.74) is 0. The van der Waals surface area contributed by atoms with Crippen molar-refractivity contribution in [3.8, 4) is 0 Å². The lowest BCUT2D eigenvalue weighted by atomic mass is 10.1. The number of rotatable bonds is 2. The number of halogens is 1. The Bertz CT molecular complexity index is 294. The number of hydrogen-bond donors (Lipinski definition) is 1. The minimum absolute atomic E-state index is 0.0682. The summed E-state index contributed by atoms with van der Waals surface area (Å²) >= 11 is 5.25.